The summed E-state index contributed by atoms with van der Waals surface area (Å²) in [6, 6.07) is 17.6. The smallest absolute Gasteiger partial charge is 0.251 e. The van der Waals surface area contributed by atoms with E-state index >= 15 is 0 Å². The molecule has 0 aliphatic rings. The predicted molar refractivity (Wildman–Crippen MR) is 91.7 cm³/mol. The van der Waals surface area contributed by atoms with Gasteiger partial charge in [-0.2, -0.15) is 0 Å². The monoisotopic (exact) mass is 315 g/mol. The molecule has 116 valence electrons. The van der Waals surface area contributed by atoms with Gasteiger partial charge in [-0.05, 0) is 50.2 Å². The highest BCUT2D eigenvalue weighted by Crippen LogP contribution is 2.18. The second-order valence-corrected chi connectivity index (χ2v) is 6.33. The normalized spacial score (nSPS) is 10.5. The van der Waals surface area contributed by atoms with Crippen LogP contribution in [0.4, 0.5) is 0 Å². The van der Waals surface area contributed by atoms with E-state index in [1.54, 1.807) is 23.9 Å². The summed E-state index contributed by atoms with van der Waals surface area (Å²) in [5.41, 5.74) is 0.653. The van der Waals surface area contributed by atoms with Crippen LogP contribution in [-0.4, -0.2) is 24.3 Å². The molecule has 0 spiro atoms. The molecule has 1 N–H and O–H groups in total. The summed E-state index contributed by atoms with van der Waals surface area (Å²) in [4.78, 5) is 13.1. The van der Waals surface area contributed by atoms with E-state index in [9.17, 15) is 4.79 Å². The van der Waals surface area contributed by atoms with Gasteiger partial charge in [0.2, 0.25) is 0 Å². The molecule has 4 heteroatoms. The molecule has 3 nitrogen and oxygen atoms in total. The molecule has 2 aromatic rings. The van der Waals surface area contributed by atoms with Gasteiger partial charge in [-0.15, -0.1) is 11.8 Å². The van der Waals surface area contributed by atoms with Crippen molar-refractivity contribution in [3.8, 4) is 5.75 Å². The largest absolute Gasteiger partial charge is 0.493 e. The van der Waals surface area contributed by atoms with Gasteiger partial charge in [0.1, 0.15) is 5.75 Å². The standard InChI is InChI=1S/C18H21NO2S/c1-14(2)19-18(20)15-8-10-16(11-9-15)21-12-13-22-17-6-4-3-5-7-17/h3-11,14H,12-13H2,1-2H3,(H,19,20). The van der Waals surface area contributed by atoms with Crippen molar-refractivity contribution in [1.29, 1.82) is 0 Å². The van der Waals surface area contributed by atoms with Crippen LogP contribution >= 0.6 is 11.8 Å². The van der Waals surface area contributed by atoms with E-state index < -0.39 is 0 Å². The van der Waals surface area contributed by atoms with Crippen LogP contribution in [0.3, 0.4) is 0 Å². The maximum atomic E-state index is 11.8. The average molecular weight is 315 g/mol. The number of carbonyl (C=O) groups is 1. The van der Waals surface area contributed by atoms with Crippen molar-refractivity contribution in [2.45, 2.75) is 24.8 Å². The number of hydrogen-bond donors (Lipinski definition) is 1. The Morgan fingerprint density at radius 1 is 1.09 bits per heavy atom. The molecule has 0 saturated carbocycles. The second-order valence-electron chi connectivity index (χ2n) is 5.16. The molecule has 0 aliphatic heterocycles. The number of thioether (sulfide) groups is 1. The zero-order valence-electron chi connectivity index (χ0n) is 12.9. The summed E-state index contributed by atoms with van der Waals surface area (Å²) in [6.07, 6.45) is 0. The summed E-state index contributed by atoms with van der Waals surface area (Å²) in [7, 11) is 0. The molecule has 2 aromatic carbocycles. The van der Waals surface area contributed by atoms with E-state index in [-0.39, 0.29) is 11.9 Å². The summed E-state index contributed by atoms with van der Waals surface area (Å²) in [6.45, 7) is 4.52. The van der Waals surface area contributed by atoms with Crippen molar-refractivity contribution in [3.05, 3.63) is 60.2 Å². The molecule has 0 aromatic heterocycles. The third-order valence-electron chi connectivity index (χ3n) is 2.90. The number of benzene rings is 2. The molecule has 0 atom stereocenters. The lowest BCUT2D eigenvalue weighted by Gasteiger charge is -2.09. The lowest BCUT2D eigenvalue weighted by Crippen LogP contribution is -2.29. The predicted octanol–water partition coefficient (Wildman–Crippen LogP) is 4.00. The van der Waals surface area contributed by atoms with Crippen LogP contribution in [-0.2, 0) is 0 Å². The molecule has 22 heavy (non-hydrogen) atoms. The first kappa shape index (κ1) is 16.4. The van der Waals surface area contributed by atoms with Crippen LogP contribution in [0.25, 0.3) is 0 Å². The van der Waals surface area contributed by atoms with Crippen molar-refractivity contribution in [1.82, 2.24) is 5.32 Å². The van der Waals surface area contributed by atoms with Gasteiger partial charge in [0.25, 0.3) is 5.91 Å². The Hall–Kier alpha value is -1.94. The first-order chi connectivity index (χ1) is 10.6. The molecule has 0 fully saturated rings. The Morgan fingerprint density at radius 2 is 1.77 bits per heavy atom. The van der Waals surface area contributed by atoms with Crippen molar-refractivity contribution in [2.24, 2.45) is 0 Å². The molecular formula is C18H21NO2S. The maximum Gasteiger partial charge on any atom is 0.251 e. The van der Waals surface area contributed by atoms with Crippen LogP contribution in [0.1, 0.15) is 24.2 Å². The fourth-order valence-electron chi connectivity index (χ4n) is 1.88. The first-order valence-corrected chi connectivity index (χ1v) is 8.35. The van der Waals surface area contributed by atoms with Crippen molar-refractivity contribution in [3.63, 3.8) is 0 Å². The van der Waals surface area contributed by atoms with E-state index in [0.717, 1.165) is 11.5 Å². The molecule has 0 aliphatic carbocycles. The van der Waals surface area contributed by atoms with E-state index in [0.29, 0.717) is 12.2 Å². The summed E-state index contributed by atoms with van der Waals surface area (Å²) in [5.74, 6) is 1.62. The van der Waals surface area contributed by atoms with Crippen LogP contribution in [0, 0.1) is 0 Å². The Morgan fingerprint density at radius 3 is 2.41 bits per heavy atom. The molecule has 0 unspecified atom stereocenters. The van der Waals surface area contributed by atoms with E-state index in [1.165, 1.54) is 4.90 Å². The average Bonchev–Trinajstić information content (AvgIpc) is 2.52. The summed E-state index contributed by atoms with van der Waals surface area (Å²) in [5, 5.41) is 2.87. The van der Waals surface area contributed by atoms with E-state index in [2.05, 4.69) is 17.4 Å². The SMILES string of the molecule is CC(C)NC(=O)c1ccc(OCCSc2ccccc2)cc1. The molecule has 0 saturated heterocycles. The third kappa shape index (κ3) is 5.45. The lowest BCUT2D eigenvalue weighted by atomic mass is 10.2. The van der Waals surface area contributed by atoms with E-state index in [4.69, 9.17) is 4.74 Å². The third-order valence-corrected chi connectivity index (χ3v) is 3.88. The number of amides is 1. The highest BCUT2D eigenvalue weighted by Gasteiger charge is 2.06. The second kappa shape index (κ2) is 8.49. The minimum absolute atomic E-state index is 0.0545. The van der Waals surface area contributed by atoms with Crippen LogP contribution in [0.5, 0.6) is 5.75 Å². The lowest BCUT2D eigenvalue weighted by molar-refractivity contribution is 0.0943. The molecule has 0 radical (unpaired) electrons. The Kier molecular flexibility index (Phi) is 6.34. The summed E-state index contributed by atoms with van der Waals surface area (Å²) >= 11 is 1.77. The van der Waals surface area contributed by atoms with Gasteiger partial charge < -0.3 is 10.1 Å². The molecule has 0 heterocycles. The van der Waals surface area contributed by atoms with Crippen LogP contribution in [0.15, 0.2) is 59.5 Å². The molecule has 1 amide bonds. The molecule has 0 bridgehead atoms. The molecule has 2 rings (SSSR count). The fraction of sp³-hybridized carbons (Fsp3) is 0.278. The number of nitrogens with one attached hydrogen (secondary N) is 1. The Labute approximate surface area is 136 Å². The fourth-order valence-corrected chi connectivity index (χ4v) is 2.64. The van der Waals surface area contributed by atoms with Gasteiger partial charge in [-0.1, -0.05) is 18.2 Å². The minimum atomic E-state index is -0.0545. The van der Waals surface area contributed by atoms with Crippen molar-refractivity contribution < 1.29 is 9.53 Å². The van der Waals surface area contributed by atoms with Crippen molar-refractivity contribution >= 4 is 17.7 Å². The van der Waals surface area contributed by atoms with Gasteiger partial charge in [-0.3, -0.25) is 4.79 Å². The number of rotatable bonds is 7. The topological polar surface area (TPSA) is 38.3 Å². The van der Waals surface area contributed by atoms with Crippen LogP contribution < -0.4 is 10.1 Å². The van der Waals surface area contributed by atoms with Crippen LogP contribution in [0.2, 0.25) is 0 Å². The Balaban J connectivity index is 1.76. The Bertz CT molecular complexity index is 582. The van der Waals surface area contributed by atoms with Gasteiger partial charge in [0.05, 0.1) is 6.61 Å². The summed E-state index contributed by atoms with van der Waals surface area (Å²) < 4.78 is 5.69. The van der Waals surface area contributed by atoms with Crippen molar-refractivity contribution in [2.75, 3.05) is 12.4 Å². The number of hydrogen-bond acceptors (Lipinski definition) is 3. The first-order valence-electron chi connectivity index (χ1n) is 7.37. The zero-order chi connectivity index (χ0) is 15.8. The van der Waals surface area contributed by atoms with Gasteiger partial charge in [0, 0.05) is 22.3 Å². The minimum Gasteiger partial charge on any atom is -0.493 e. The van der Waals surface area contributed by atoms with E-state index in [1.807, 2.05) is 44.2 Å². The highest BCUT2D eigenvalue weighted by molar-refractivity contribution is 7.99. The zero-order valence-corrected chi connectivity index (χ0v) is 13.7. The van der Waals surface area contributed by atoms with Gasteiger partial charge >= 0.3 is 0 Å². The number of ether oxygens (including phenoxy) is 1. The maximum absolute atomic E-state index is 11.8. The van der Waals surface area contributed by atoms with Gasteiger partial charge in [0.15, 0.2) is 0 Å². The molecular weight excluding hydrogens is 294 g/mol. The highest BCUT2D eigenvalue weighted by atomic mass is 32.2. The quantitative estimate of drug-likeness (QED) is 0.620. The number of carbonyl (C=O) groups excluding carboxylic acids is 1. The van der Waals surface area contributed by atoms with Gasteiger partial charge in [-0.25, -0.2) is 0 Å².